The highest BCUT2D eigenvalue weighted by Crippen LogP contribution is 2.32. The van der Waals surface area contributed by atoms with Gasteiger partial charge in [0.25, 0.3) is 0 Å². The van der Waals surface area contributed by atoms with Crippen LogP contribution < -0.4 is 5.32 Å². The molecule has 0 aliphatic carbocycles. The molecule has 2 rings (SSSR count). The van der Waals surface area contributed by atoms with Crippen LogP contribution in [0.1, 0.15) is 10.4 Å². The third kappa shape index (κ3) is 2.10. The summed E-state index contributed by atoms with van der Waals surface area (Å²) in [6.07, 6.45) is 0.852. The summed E-state index contributed by atoms with van der Waals surface area (Å²) >= 11 is 7.38. The minimum absolute atomic E-state index is 0.657. The number of halogens is 1. The van der Waals surface area contributed by atoms with Crippen LogP contribution in [-0.2, 0) is 0 Å². The largest absolute Gasteiger partial charge is 0.388 e. The monoisotopic (exact) mass is 251 g/mol. The van der Waals surface area contributed by atoms with E-state index in [0.717, 1.165) is 26.8 Å². The van der Waals surface area contributed by atoms with Crippen molar-refractivity contribution in [2.24, 2.45) is 0 Å². The number of hydrogen-bond donors (Lipinski definition) is 1. The molecular weight excluding hydrogens is 242 g/mol. The fourth-order valence-corrected chi connectivity index (χ4v) is 2.55. The van der Waals surface area contributed by atoms with Crippen molar-refractivity contribution < 1.29 is 4.79 Å². The van der Waals surface area contributed by atoms with Gasteiger partial charge in [0.05, 0.1) is 4.34 Å². The molecule has 0 fully saturated rings. The smallest absolute Gasteiger partial charge is 0.152 e. The normalized spacial score (nSPS) is 10.1. The quantitative estimate of drug-likeness (QED) is 0.838. The molecule has 0 aliphatic heterocycles. The number of hydrogen-bond acceptors (Lipinski definition) is 3. The van der Waals surface area contributed by atoms with E-state index in [-0.39, 0.29) is 0 Å². The van der Waals surface area contributed by atoms with Crippen molar-refractivity contribution in [2.75, 3.05) is 12.4 Å². The predicted octanol–water partition coefficient (Wildman–Crippen LogP) is 3.92. The summed E-state index contributed by atoms with van der Waals surface area (Å²) in [6.45, 7) is 0. The van der Waals surface area contributed by atoms with E-state index in [2.05, 4.69) is 5.32 Å². The highest BCUT2D eigenvalue weighted by atomic mass is 35.5. The zero-order valence-corrected chi connectivity index (χ0v) is 10.2. The Morgan fingerprint density at radius 3 is 2.69 bits per heavy atom. The summed E-state index contributed by atoms with van der Waals surface area (Å²) in [6, 6.07) is 9.54. The van der Waals surface area contributed by atoms with Crippen molar-refractivity contribution in [3.8, 4) is 10.4 Å². The molecule has 1 aromatic heterocycles. The molecule has 0 bridgehead atoms. The maximum Gasteiger partial charge on any atom is 0.152 e. The Kier molecular flexibility index (Phi) is 3.27. The lowest BCUT2D eigenvalue weighted by molar-refractivity contribution is 0.112. The predicted molar refractivity (Wildman–Crippen MR) is 69.7 cm³/mol. The summed E-state index contributed by atoms with van der Waals surface area (Å²) in [4.78, 5) is 12.0. The third-order valence-corrected chi connectivity index (χ3v) is 3.59. The lowest BCUT2D eigenvalue weighted by atomic mass is 10.1. The maximum absolute atomic E-state index is 10.9. The fraction of sp³-hybridized carbons (Fsp3) is 0.0833. The number of rotatable bonds is 3. The molecule has 0 saturated carbocycles. The number of benzene rings is 1. The van der Waals surface area contributed by atoms with E-state index >= 15 is 0 Å². The second-order valence-corrected chi connectivity index (χ2v) is 4.99. The molecular formula is C12H10ClNOS. The van der Waals surface area contributed by atoms with E-state index in [4.69, 9.17) is 11.6 Å². The second kappa shape index (κ2) is 4.68. The minimum Gasteiger partial charge on any atom is -0.388 e. The van der Waals surface area contributed by atoms with Gasteiger partial charge in [0, 0.05) is 23.2 Å². The van der Waals surface area contributed by atoms with E-state index < -0.39 is 0 Å². The minimum atomic E-state index is 0.657. The summed E-state index contributed by atoms with van der Waals surface area (Å²) in [7, 11) is 1.80. The molecule has 82 valence electrons. The molecule has 0 aliphatic rings. The Hall–Kier alpha value is -1.32. The Balaban J connectivity index is 2.47. The molecule has 0 radical (unpaired) electrons. The average Bonchev–Trinajstić information content (AvgIpc) is 2.75. The molecule has 0 saturated heterocycles. The van der Waals surface area contributed by atoms with Crippen molar-refractivity contribution in [2.45, 2.75) is 0 Å². The van der Waals surface area contributed by atoms with Crippen molar-refractivity contribution in [1.82, 2.24) is 0 Å². The van der Waals surface area contributed by atoms with E-state index in [1.54, 1.807) is 7.05 Å². The van der Waals surface area contributed by atoms with Gasteiger partial charge in [0.2, 0.25) is 0 Å². The zero-order chi connectivity index (χ0) is 11.5. The van der Waals surface area contributed by atoms with Crippen LogP contribution in [0.15, 0.2) is 30.3 Å². The Bertz CT molecular complexity index is 521. The SMILES string of the molecule is CNc1ccc(-c2ccc(Cl)s2)cc1C=O. The van der Waals surface area contributed by atoms with Crippen molar-refractivity contribution in [3.05, 3.63) is 40.2 Å². The highest BCUT2D eigenvalue weighted by molar-refractivity contribution is 7.19. The third-order valence-electron chi connectivity index (χ3n) is 2.31. The fourth-order valence-electron chi connectivity index (χ4n) is 1.51. The molecule has 4 heteroatoms. The molecule has 0 amide bonds. The van der Waals surface area contributed by atoms with Gasteiger partial charge in [0.1, 0.15) is 0 Å². The summed E-state index contributed by atoms with van der Waals surface area (Å²) in [5.74, 6) is 0. The topological polar surface area (TPSA) is 29.1 Å². The molecule has 2 aromatic rings. The van der Waals surface area contributed by atoms with Crippen LogP contribution >= 0.6 is 22.9 Å². The molecule has 16 heavy (non-hydrogen) atoms. The lowest BCUT2D eigenvalue weighted by Gasteiger charge is -2.05. The van der Waals surface area contributed by atoms with Gasteiger partial charge in [0.15, 0.2) is 6.29 Å². The van der Waals surface area contributed by atoms with Crippen LogP contribution in [0.4, 0.5) is 5.69 Å². The molecule has 2 nitrogen and oxygen atoms in total. The first-order valence-corrected chi connectivity index (χ1v) is 5.96. The summed E-state index contributed by atoms with van der Waals surface area (Å²) in [5.41, 5.74) is 2.50. The lowest BCUT2D eigenvalue weighted by Crippen LogP contribution is -1.94. The van der Waals surface area contributed by atoms with Crippen molar-refractivity contribution >= 4 is 34.9 Å². The first kappa shape index (κ1) is 11.2. The van der Waals surface area contributed by atoms with Crippen molar-refractivity contribution in [3.63, 3.8) is 0 Å². The molecule has 0 spiro atoms. The molecule has 1 N–H and O–H groups in total. The first-order valence-electron chi connectivity index (χ1n) is 4.77. The van der Waals surface area contributed by atoms with Crippen LogP contribution in [0.2, 0.25) is 4.34 Å². The number of nitrogens with one attached hydrogen (secondary N) is 1. The van der Waals surface area contributed by atoms with E-state index in [1.165, 1.54) is 11.3 Å². The van der Waals surface area contributed by atoms with Gasteiger partial charge >= 0.3 is 0 Å². The molecule has 1 heterocycles. The van der Waals surface area contributed by atoms with Crippen LogP contribution in [0, 0.1) is 0 Å². The van der Waals surface area contributed by atoms with Gasteiger partial charge in [-0.15, -0.1) is 11.3 Å². The Labute approximate surface area is 103 Å². The Morgan fingerprint density at radius 2 is 2.12 bits per heavy atom. The number of thiophene rings is 1. The standard InChI is InChI=1S/C12H10ClNOS/c1-14-10-3-2-8(6-9(10)7-15)11-4-5-12(13)16-11/h2-7,14H,1H3. The molecule has 0 atom stereocenters. The summed E-state index contributed by atoms with van der Waals surface area (Å²) < 4.78 is 0.750. The maximum atomic E-state index is 10.9. The van der Waals surface area contributed by atoms with Gasteiger partial charge in [-0.2, -0.15) is 0 Å². The second-order valence-electron chi connectivity index (χ2n) is 3.27. The van der Waals surface area contributed by atoms with Gasteiger partial charge in [-0.05, 0) is 29.8 Å². The van der Waals surface area contributed by atoms with E-state index in [1.807, 2.05) is 30.3 Å². The van der Waals surface area contributed by atoms with E-state index in [0.29, 0.717) is 5.56 Å². The van der Waals surface area contributed by atoms with Crippen LogP contribution in [0.5, 0.6) is 0 Å². The summed E-state index contributed by atoms with van der Waals surface area (Å²) in [5, 5.41) is 2.98. The van der Waals surface area contributed by atoms with Gasteiger partial charge in [-0.3, -0.25) is 4.79 Å². The van der Waals surface area contributed by atoms with Crippen LogP contribution in [0.25, 0.3) is 10.4 Å². The first-order chi connectivity index (χ1) is 7.74. The van der Waals surface area contributed by atoms with E-state index in [9.17, 15) is 4.79 Å². The number of anilines is 1. The van der Waals surface area contributed by atoms with Gasteiger partial charge < -0.3 is 5.32 Å². The zero-order valence-electron chi connectivity index (χ0n) is 8.66. The van der Waals surface area contributed by atoms with Crippen LogP contribution in [0.3, 0.4) is 0 Å². The number of carbonyl (C=O) groups is 1. The Morgan fingerprint density at radius 1 is 1.31 bits per heavy atom. The highest BCUT2D eigenvalue weighted by Gasteiger charge is 2.05. The molecule has 1 aromatic carbocycles. The number of aldehydes is 1. The molecule has 0 unspecified atom stereocenters. The average molecular weight is 252 g/mol. The van der Waals surface area contributed by atoms with Gasteiger partial charge in [-0.25, -0.2) is 0 Å². The van der Waals surface area contributed by atoms with Gasteiger partial charge in [-0.1, -0.05) is 17.7 Å². The van der Waals surface area contributed by atoms with Crippen LogP contribution in [-0.4, -0.2) is 13.3 Å². The number of carbonyl (C=O) groups excluding carboxylic acids is 1. The van der Waals surface area contributed by atoms with Crippen molar-refractivity contribution in [1.29, 1.82) is 0 Å².